The molecule has 4 rings (SSSR count). The molecule has 2 heterocycles. The van der Waals surface area contributed by atoms with Crippen LogP contribution in [0.15, 0.2) is 83.9 Å². The second-order valence-electron chi connectivity index (χ2n) is 5.69. The third kappa shape index (κ3) is 2.68. The van der Waals surface area contributed by atoms with Crippen LogP contribution >= 0.6 is 0 Å². The van der Waals surface area contributed by atoms with Gasteiger partial charge in [-0.2, -0.15) is 0 Å². The summed E-state index contributed by atoms with van der Waals surface area (Å²) < 4.78 is 7.39. The zero-order chi connectivity index (χ0) is 17.2. The van der Waals surface area contributed by atoms with E-state index in [2.05, 4.69) is 9.55 Å². The zero-order valence-corrected chi connectivity index (χ0v) is 13.7. The van der Waals surface area contributed by atoms with Crippen molar-refractivity contribution in [1.29, 1.82) is 0 Å². The second kappa shape index (κ2) is 6.24. The third-order valence-electron chi connectivity index (χ3n) is 4.19. The van der Waals surface area contributed by atoms with Crippen LogP contribution in [-0.2, 0) is 0 Å². The Morgan fingerprint density at radius 2 is 1.84 bits per heavy atom. The van der Waals surface area contributed by atoms with E-state index in [4.69, 9.17) is 4.74 Å². The van der Waals surface area contributed by atoms with E-state index < -0.39 is 0 Å². The Bertz CT molecular complexity index is 1100. The van der Waals surface area contributed by atoms with Gasteiger partial charge in [-0.3, -0.25) is 9.78 Å². The minimum absolute atomic E-state index is 0.00596. The van der Waals surface area contributed by atoms with Crippen LogP contribution in [0.25, 0.3) is 27.8 Å². The van der Waals surface area contributed by atoms with Gasteiger partial charge >= 0.3 is 0 Å². The molecule has 0 atom stereocenters. The molecular formula is C21H16N2O2. The number of fused-ring (bicyclic) bond motifs is 1. The average Bonchev–Trinajstić information content (AvgIpc) is 2.68. The standard InChI is InChI=1S/C21H16N2O2/c1-25-17-8-4-6-15(12-17)20-13-21(24)18-9-2-3-10-19(18)23(20)16-7-5-11-22-14-16/h2-14H,1H3. The van der Waals surface area contributed by atoms with E-state index in [1.807, 2.05) is 60.7 Å². The number of hydrogen-bond donors (Lipinski definition) is 0. The number of ether oxygens (including phenoxy) is 1. The summed E-state index contributed by atoms with van der Waals surface area (Å²) in [5, 5.41) is 0.679. The van der Waals surface area contributed by atoms with Crippen LogP contribution < -0.4 is 10.2 Å². The van der Waals surface area contributed by atoms with E-state index >= 15 is 0 Å². The average molecular weight is 328 g/mol. The molecule has 0 bridgehead atoms. The molecule has 25 heavy (non-hydrogen) atoms. The lowest BCUT2D eigenvalue weighted by molar-refractivity contribution is 0.415. The molecule has 0 saturated heterocycles. The smallest absolute Gasteiger partial charge is 0.190 e. The maximum Gasteiger partial charge on any atom is 0.190 e. The maximum atomic E-state index is 12.7. The molecule has 0 spiro atoms. The number of para-hydroxylation sites is 1. The molecule has 0 aliphatic rings. The minimum Gasteiger partial charge on any atom is -0.497 e. The van der Waals surface area contributed by atoms with Gasteiger partial charge in [-0.05, 0) is 36.4 Å². The van der Waals surface area contributed by atoms with Gasteiger partial charge in [0.05, 0.1) is 30.2 Å². The molecule has 0 unspecified atom stereocenters. The first-order valence-electron chi connectivity index (χ1n) is 7.97. The Labute approximate surface area is 145 Å². The van der Waals surface area contributed by atoms with Crippen LogP contribution in [0, 0.1) is 0 Å². The first kappa shape index (κ1) is 15.1. The highest BCUT2D eigenvalue weighted by molar-refractivity contribution is 5.84. The van der Waals surface area contributed by atoms with Crippen molar-refractivity contribution >= 4 is 10.9 Å². The van der Waals surface area contributed by atoms with Crippen molar-refractivity contribution in [1.82, 2.24) is 9.55 Å². The summed E-state index contributed by atoms with van der Waals surface area (Å²) in [7, 11) is 1.63. The highest BCUT2D eigenvalue weighted by atomic mass is 16.5. The van der Waals surface area contributed by atoms with Crippen molar-refractivity contribution in [3.05, 3.63) is 89.3 Å². The van der Waals surface area contributed by atoms with Gasteiger partial charge in [-0.1, -0.05) is 24.3 Å². The van der Waals surface area contributed by atoms with E-state index in [0.29, 0.717) is 5.39 Å². The van der Waals surface area contributed by atoms with Crippen molar-refractivity contribution in [2.24, 2.45) is 0 Å². The first-order chi connectivity index (χ1) is 12.3. The molecule has 0 saturated carbocycles. The van der Waals surface area contributed by atoms with Crippen LogP contribution in [-0.4, -0.2) is 16.7 Å². The van der Waals surface area contributed by atoms with E-state index in [1.165, 1.54) is 0 Å². The molecule has 0 radical (unpaired) electrons. The van der Waals surface area contributed by atoms with Crippen LogP contribution in [0.3, 0.4) is 0 Å². The lowest BCUT2D eigenvalue weighted by Gasteiger charge is -2.17. The quantitative estimate of drug-likeness (QED) is 0.569. The predicted octanol–water partition coefficient (Wildman–Crippen LogP) is 4.06. The Balaban J connectivity index is 2.12. The van der Waals surface area contributed by atoms with Crippen molar-refractivity contribution in [2.75, 3.05) is 7.11 Å². The Kier molecular flexibility index (Phi) is 3.78. The highest BCUT2D eigenvalue weighted by Gasteiger charge is 2.13. The number of hydrogen-bond acceptors (Lipinski definition) is 3. The number of nitrogens with zero attached hydrogens (tertiary/aromatic N) is 2. The summed E-state index contributed by atoms with van der Waals surface area (Å²) in [6, 6.07) is 20.9. The lowest BCUT2D eigenvalue weighted by Crippen LogP contribution is -2.10. The van der Waals surface area contributed by atoms with Crippen molar-refractivity contribution in [2.45, 2.75) is 0 Å². The Morgan fingerprint density at radius 1 is 0.960 bits per heavy atom. The molecule has 4 heteroatoms. The lowest BCUT2D eigenvalue weighted by atomic mass is 10.1. The number of pyridine rings is 2. The molecule has 2 aromatic heterocycles. The molecule has 0 N–H and O–H groups in total. The fraction of sp³-hybridized carbons (Fsp3) is 0.0476. The molecule has 4 nitrogen and oxygen atoms in total. The molecule has 0 aliphatic carbocycles. The highest BCUT2D eigenvalue weighted by Crippen LogP contribution is 2.28. The summed E-state index contributed by atoms with van der Waals surface area (Å²) >= 11 is 0. The molecule has 0 amide bonds. The van der Waals surface area contributed by atoms with E-state index in [1.54, 1.807) is 25.6 Å². The van der Waals surface area contributed by atoms with E-state index in [9.17, 15) is 4.79 Å². The molecule has 4 aromatic rings. The van der Waals surface area contributed by atoms with Gasteiger partial charge in [0.25, 0.3) is 0 Å². The van der Waals surface area contributed by atoms with Crippen molar-refractivity contribution < 1.29 is 4.74 Å². The van der Waals surface area contributed by atoms with Gasteiger partial charge in [0.15, 0.2) is 5.43 Å². The molecule has 0 fully saturated rings. The third-order valence-corrected chi connectivity index (χ3v) is 4.19. The number of aromatic nitrogens is 2. The normalized spacial score (nSPS) is 10.8. The largest absolute Gasteiger partial charge is 0.497 e. The second-order valence-corrected chi connectivity index (χ2v) is 5.69. The van der Waals surface area contributed by atoms with Crippen molar-refractivity contribution in [3.8, 4) is 22.7 Å². The minimum atomic E-state index is -0.00596. The molecule has 2 aromatic carbocycles. The fourth-order valence-corrected chi connectivity index (χ4v) is 3.03. The molecule has 0 aliphatic heterocycles. The van der Waals surface area contributed by atoms with Gasteiger partial charge in [-0.15, -0.1) is 0 Å². The zero-order valence-electron chi connectivity index (χ0n) is 13.7. The number of rotatable bonds is 3. The molecular weight excluding hydrogens is 312 g/mol. The monoisotopic (exact) mass is 328 g/mol. The summed E-state index contributed by atoms with van der Waals surface area (Å²) in [5.74, 6) is 0.746. The maximum absolute atomic E-state index is 12.7. The number of methoxy groups -OCH3 is 1. The van der Waals surface area contributed by atoms with Gasteiger partial charge in [0.2, 0.25) is 0 Å². The topological polar surface area (TPSA) is 44.1 Å². The van der Waals surface area contributed by atoms with Crippen LogP contribution in [0.2, 0.25) is 0 Å². The van der Waals surface area contributed by atoms with Crippen LogP contribution in [0.4, 0.5) is 0 Å². The fourth-order valence-electron chi connectivity index (χ4n) is 3.03. The summed E-state index contributed by atoms with van der Waals surface area (Å²) in [5.41, 5.74) is 3.45. The summed E-state index contributed by atoms with van der Waals surface area (Å²) in [4.78, 5) is 16.9. The summed E-state index contributed by atoms with van der Waals surface area (Å²) in [6.07, 6.45) is 3.53. The van der Waals surface area contributed by atoms with E-state index in [0.717, 1.165) is 28.2 Å². The van der Waals surface area contributed by atoms with Gasteiger partial charge in [0, 0.05) is 23.2 Å². The van der Waals surface area contributed by atoms with Crippen molar-refractivity contribution in [3.63, 3.8) is 0 Å². The predicted molar refractivity (Wildman–Crippen MR) is 99.3 cm³/mol. The van der Waals surface area contributed by atoms with Crippen LogP contribution in [0.5, 0.6) is 5.75 Å². The SMILES string of the molecule is COc1cccc(-c2cc(=O)c3ccccc3n2-c2cccnc2)c1. The van der Waals surface area contributed by atoms with E-state index in [-0.39, 0.29) is 5.43 Å². The van der Waals surface area contributed by atoms with Crippen LogP contribution in [0.1, 0.15) is 0 Å². The Hall–Kier alpha value is -3.40. The van der Waals surface area contributed by atoms with Gasteiger partial charge in [0.1, 0.15) is 5.75 Å². The van der Waals surface area contributed by atoms with Gasteiger partial charge in [-0.25, -0.2) is 0 Å². The van der Waals surface area contributed by atoms with Gasteiger partial charge < -0.3 is 9.30 Å². The Morgan fingerprint density at radius 3 is 2.64 bits per heavy atom. The number of benzene rings is 2. The first-order valence-corrected chi connectivity index (χ1v) is 7.97. The summed E-state index contributed by atoms with van der Waals surface area (Å²) in [6.45, 7) is 0. The molecule has 122 valence electrons.